The number of fused-ring (bicyclic) bond motifs is 3. The van der Waals surface area contributed by atoms with Gasteiger partial charge in [-0.25, -0.2) is 0 Å². The van der Waals surface area contributed by atoms with Crippen LogP contribution in [0.5, 0.6) is 17.2 Å². The van der Waals surface area contributed by atoms with Crippen molar-refractivity contribution in [3.8, 4) is 17.2 Å². The Morgan fingerprint density at radius 2 is 1.20 bits per heavy atom. The molecule has 5 aliphatic heterocycles. The molecule has 84 heavy (non-hydrogen) atoms. The maximum absolute atomic E-state index is 15.7. The summed E-state index contributed by atoms with van der Waals surface area (Å²) in [5, 5.41) is 81.5. The van der Waals surface area contributed by atoms with Crippen molar-refractivity contribution in [3.05, 3.63) is 40.2 Å². The van der Waals surface area contributed by atoms with Crippen LogP contribution in [-0.2, 0) is 87.2 Å². The number of benzene rings is 2. The number of aliphatic hydroxyl groups excluding tert-OH is 4. The zero-order chi connectivity index (χ0) is 61.3. The van der Waals surface area contributed by atoms with Gasteiger partial charge in [-0.1, -0.05) is 0 Å². The Kier molecular flexibility index (Phi) is 18.6. The molecule has 5 fully saturated rings. The molecule has 2 aliphatic carbocycles. The largest absolute Gasteiger partial charge is 0.508 e. The average Bonchev–Trinajstić information content (AvgIpc) is 1.48. The summed E-state index contributed by atoms with van der Waals surface area (Å²) in [6, 6.07) is 2.99. The lowest BCUT2D eigenvalue weighted by Crippen LogP contribution is -2.65. The van der Waals surface area contributed by atoms with Gasteiger partial charge in [0.2, 0.25) is 12.1 Å². The Morgan fingerprint density at radius 1 is 0.655 bits per heavy atom. The van der Waals surface area contributed by atoms with Gasteiger partial charge in [0, 0.05) is 71.7 Å². The van der Waals surface area contributed by atoms with E-state index >= 15 is 4.79 Å². The van der Waals surface area contributed by atoms with Crippen molar-refractivity contribution in [2.45, 2.75) is 242 Å². The summed E-state index contributed by atoms with van der Waals surface area (Å²) >= 11 is 0. The Balaban J connectivity index is 0.995. The van der Waals surface area contributed by atoms with E-state index in [0.717, 1.165) is 6.92 Å². The van der Waals surface area contributed by atoms with E-state index in [-0.39, 0.29) is 66.2 Å². The van der Waals surface area contributed by atoms with E-state index < -0.39 is 198 Å². The number of aromatic hydroxyl groups is 2. The number of hydrogen-bond donors (Lipinski definition) is 7. The van der Waals surface area contributed by atoms with Gasteiger partial charge >= 0.3 is 11.9 Å². The Morgan fingerprint density at radius 3 is 1.80 bits per heavy atom. The first kappa shape index (κ1) is 63.5. The van der Waals surface area contributed by atoms with Gasteiger partial charge < -0.3 is 102 Å². The zero-order valence-corrected chi connectivity index (χ0v) is 48.9. The van der Waals surface area contributed by atoms with Crippen molar-refractivity contribution >= 4 is 40.1 Å². The molecule has 5 saturated heterocycles. The first-order valence-electron chi connectivity index (χ1n) is 28.3. The molecule has 0 spiro atoms. The molecule has 23 atom stereocenters. The van der Waals surface area contributed by atoms with Crippen molar-refractivity contribution in [2.75, 3.05) is 14.2 Å². The fourth-order valence-electron chi connectivity index (χ4n) is 13.2. The molecule has 0 aromatic heterocycles. The summed E-state index contributed by atoms with van der Waals surface area (Å²) in [5.74, 6) is -7.96. The number of phenolic OH excluding ortho intramolecular Hbond substituents is 2. The molecule has 5 heterocycles. The second-order valence-corrected chi connectivity index (χ2v) is 23.4. The van der Waals surface area contributed by atoms with Crippen LogP contribution in [0.15, 0.2) is 23.5 Å². The van der Waals surface area contributed by atoms with E-state index in [9.17, 15) is 54.9 Å². The second-order valence-electron chi connectivity index (χ2n) is 23.4. The van der Waals surface area contributed by atoms with Gasteiger partial charge in [-0.05, 0) is 84.9 Å². The van der Waals surface area contributed by atoms with Crippen LogP contribution in [-0.4, -0.2) is 213 Å². The van der Waals surface area contributed by atoms with E-state index in [0.29, 0.717) is 0 Å². The summed E-state index contributed by atoms with van der Waals surface area (Å²) in [7, 11) is 2.64. The van der Waals surface area contributed by atoms with E-state index in [1.54, 1.807) is 27.7 Å². The lowest BCUT2D eigenvalue weighted by molar-refractivity contribution is -0.337. The van der Waals surface area contributed by atoms with E-state index in [1.807, 2.05) is 0 Å². The zero-order valence-electron chi connectivity index (χ0n) is 48.9. The molecule has 0 amide bonds. The molecule has 0 radical (unpaired) electrons. The number of aliphatic hydroxyl groups is 5. The highest BCUT2D eigenvalue weighted by atomic mass is 16.7. The molecule has 26 nitrogen and oxygen atoms in total. The van der Waals surface area contributed by atoms with E-state index in [4.69, 9.17) is 66.3 Å². The van der Waals surface area contributed by atoms with Crippen LogP contribution in [0.25, 0.3) is 10.8 Å². The topological polar surface area (TPSA) is 356 Å². The third-order valence-electron chi connectivity index (χ3n) is 17.2. The normalized spacial score (nSPS) is 40.9. The van der Waals surface area contributed by atoms with Crippen molar-refractivity contribution in [3.63, 3.8) is 0 Å². The third-order valence-corrected chi connectivity index (χ3v) is 17.2. The smallest absolute Gasteiger partial charge is 0.303 e. The number of carbonyl (C=O) groups is 5. The van der Waals surface area contributed by atoms with Crippen molar-refractivity contribution in [2.24, 2.45) is 5.92 Å². The number of ether oxygens (including phenoxy) is 14. The minimum atomic E-state index is -2.70. The number of carbonyl (C=O) groups excluding carboxylic acids is 5. The summed E-state index contributed by atoms with van der Waals surface area (Å²) in [4.78, 5) is 67.3. The third kappa shape index (κ3) is 11.9. The van der Waals surface area contributed by atoms with Gasteiger partial charge in [0.15, 0.2) is 54.5 Å². The Labute approximate surface area is 484 Å². The fourth-order valence-corrected chi connectivity index (χ4v) is 13.2. The maximum Gasteiger partial charge on any atom is 0.303 e. The number of methoxy groups -OCH3 is 2. The number of phenols is 2. The van der Waals surface area contributed by atoms with E-state index in [2.05, 4.69) is 0 Å². The number of esters is 2. The predicted molar refractivity (Wildman–Crippen MR) is 284 cm³/mol. The number of hydrogen-bond acceptors (Lipinski definition) is 26. The van der Waals surface area contributed by atoms with Crippen LogP contribution in [0.4, 0.5) is 0 Å². The monoisotopic (exact) mass is 1190 g/mol. The van der Waals surface area contributed by atoms with Gasteiger partial charge in [-0.15, -0.1) is 0 Å². The molecule has 9 rings (SSSR count). The number of ketones is 3. The van der Waals surface area contributed by atoms with Gasteiger partial charge in [-0.3, -0.25) is 24.0 Å². The maximum atomic E-state index is 15.7. The minimum Gasteiger partial charge on any atom is -0.508 e. The molecule has 7 N–H and O–H groups in total. The van der Waals surface area contributed by atoms with Crippen LogP contribution in [0.1, 0.15) is 116 Å². The van der Waals surface area contributed by atoms with Crippen molar-refractivity contribution in [1.82, 2.24) is 0 Å². The number of Topliss-reactive ketones (excluding diaryl/α,β-unsaturated/α-hetero) is 3. The van der Waals surface area contributed by atoms with Gasteiger partial charge in [-0.2, -0.15) is 0 Å². The van der Waals surface area contributed by atoms with Gasteiger partial charge in [0.05, 0.1) is 59.8 Å². The molecule has 466 valence electrons. The molecular formula is C58H78O26. The molecule has 2 aromatic rings. The van der Waals surface area contributed by atoms with Crippen molar-refractivity contribution in [1.29, 1.82) is 0 Å². The standard InChI is InChI=1S/C58H78O26/c1-21-34(80-40-19-37(52(26(6)76-40)78-28(8)60)83-38-16-33(62)51(71-11)25(5)75-38)15-31-13-30-14-32-53(72-12)50(67)43(22(2)59)54(68)58(32,55(69)45(30)49(66)44(31)46(21)63)84-41-18-36(48(65)24(4)74-41)81-39-17-35(47(64)23(3)73-39)82-42-20-57(10,70)56(27(7)77-42)79-29(9)61/h13,15,23-27,32-33,35-42,47-48,51-53,56,62-66,68,70H,14,16-20H2,1-12H3/t23?,24?,25?,26?,27?,32?,33?,35?,36?,37?,38?,39?,40?,41?,42?,47?,48?,51?,52?,53-,56?,57?,58+/m0/s1. The quantitative estimate of drug-likeness (QED) is 0.0995. The molecule has 0 saturated carbocycles. The van der Waals surface area contributed by atoms with Crippen LogP contribution in [0.2, 0.25) is 0 Å². The molecular weight excluding hydrogens is 1110 g/mol. The van der Waals surface area contributed by atoms with E-state index in [1.165, 1.54) is 61.0 Å². The Bertz CT molecular complexity index is 2860. The average molecular weight is 1190 g/mol. The minimum absolute atomic E-state index is 0.0374. The molecule has 2 aromatic carbocycles. The van der Waals surface area contributed by atoms with Crippen molar-refractivity contribution < 1.29 is 126 Å². The van der Waals surface area contributed by atoms with Crippen LogP contribution in [0, 0.1) is 12.8 Å². The highest BCUT2D eigenvalue weighted by molar-refractivity contribution is 6.25. The molecule has 0 bridgehead atoms. The highest BCUT2D eigenvalue weighted by Crippen LogP contribution is 2.54. The first-order valence-corrected chi connectivity index (χ1v) is 28.3. The first-order chi connectivity index (χ1) is 39.5. The lowest BCUT2D eigenvalue weighted by atomic mass is 9.62. The molecule has 7 aliphatic rings. The fraction of sp³-hybridized carbons (Fsp3) is 0.707. The Hall–Kier alpha value is -5.01. The molecule has 21 unspecified atom stereocenters. The lowest BCUT2D eigenvalue weighted by Gasteiger charge is -2.50. The highest BCUT2D eigenvalue weighted by Gasteiger charge is 2.65. The van der Waals surface area contributed by atoms with Crippen LogP contribution >= 0.6 is 0 Å². The second kappa shape index (κ2) is 24.6. The SMILES string of the molecule is COC1C(O)CC(OC2CC(Oc3cc4cc5c(c(O)c4c(O)c3C)C(=O)[C@]3(OC4CC(OC6CC(OC7CC(C)(O)C(OC(C)=O)C(C)O7)C(O)C(C)O6)C(O)C(C)O4)C(O)=C(C(C)=O)C(=O)[C@@H](OC)C3C5)OC(C)C2OC(C)=O)OC1C. The van der Waals surface area contributed by atoms with Crippen LogP contribution < -0.4 is 4.74 Å². The number of rotatable bonds is 15. The summed E-state index contributed by atoms with van der Waals surface area (Å²) in [6.07, 6.45) is -21.8. The van der Waals surface area contributed by atoms with Crippen LogP contribution in [0.3, 0.4) is 0 Å². The van der Waals surface area contributed by atoms with Gasteiger partial charge in [0.1, 0.15) is 64.7 Å². The van der Waals surface area contributed by atoms with Gasteiger partial charge in [0.25, 0.3) is 0 Å². The summed E-state index contributed by atoms with van der Waals surface area (Å²) in [6.45, 7) is 14.5. The summed E-state index contributed by atoms with van der Waals surface area (Å²) < 4.78 is 84.5. The molecule has 26 heteroatoms. The summed E-state index contributed by atoms with van der Waals surface area (Å²) in [5.41, 5.74) is -5.30. The predicted octanol–water partition coefficient (Wildman–Crippen LogP) is 2.59.